The Kier molecular flexibility index (Phi) is 5.64. The zero-order valence-electron chi connectivity index (χ0n) is 16.5. The molecule has 1 aliphatic rings. The number of ether oxygens (including phenoxy) is 1. The van der Waals surface area contributed by atoms with Gasteiger partial charge in [0.15, 0.2) is 0 Å². The number of fused-ring (bicyclic) bond motifs is 1. The molecule has 0 radical (unpaired) electrons. The summed E-state index contributed by atoms with van der Waals surface area (Å²) in [5, 5.41) is 11.2. The molecular formula is C22H31BO3. The summed E-state index contributed by atoms with van der Waals surface area (Å²) < 4.78 is 12.2. The molecule has 3 nitrogen and oxygen atoms in total. The highest BCUT2D eigenvalue weighted by Crippen LogP contribution is 2.45. The number of aliphatic hydroxyl groups is 1. The second-order valence-electron chi connectivity index (χ2n) is 8.61. The maximum atomic E-state index is 8.81. The van der Waals surface area contributed by atoms with Crippen molar-refractivity contribution in [2.45, 2.75) is 58.9 Å². The highest BCUT2D eigenvalue weighted by atomic mass is 16.5. The molecule has 0 bridgehead atoms. The number of benzene rings is 2. The van der Waals surface area contributed by atoms with Gasteiger partial charge in [0.2, 0.25) is 0 Å². The molecule has 1 heterocycles. The van der Waals surface area contributed by atoms with E-state index in [1.165, 1.54) is 16.2 Å². The Hall–Kier alpha value is -1.52. The van der Waals surface area contributed by atoms with Gasteiger partial charge >= 0.3 is 6.92 Å². The molecule has 0 atom stereocenters. The SMILES string of the molecule is CC1(C)CB(c2ccc3cc(OCCCCCO)ccc3c2)OC1(C)C. The van der Waals surface area contributed by atoms with E-state index in [2.05, 4.69) is 58.0 Å². The smallest absolute Gasteiger partial charge is 0.327 e. The maximum absolute atomic E-state index is 8.81. The fourth-order valence-electron chi connectivity index (χ4n) is 3.57. The van der Waals surface area contributed by atoms with Gasteiger partial charge < -0.3 is 14.5 Å². The van der Waals surface area contributed by atoms with Crippen molar-refractivity contribution in [3.63, 3.8) is 0 Å². The fourth-order valence-corrected chi connectivity index (χ4v) is 3.57. The van der Waals surface area contributed by atoms with Crippen LogP contribution in [0.25, 0.3) is 10.8 Å². The minimum Gasteiger partial charge on any atom is -0.494 e. The van der Waals surface area contributed by atoms with Gasteiger partial charge in [-0.3, -0.25) is 0 Å². The Balaban J connectivity index is 1.69. The van der Waals surface area contributed by atoms with Crippen molar-refractivity contribution >= 4 is 23.2 Å². The molecule has 1 aliphatic heterocycles. The molecule has 0 aliphatic carbocycles. The van der Waals surface area contributed by atoms with E-state index >= 15 is 0 Å². The van der Waals surface area contributed by atoms with Crippen LogP contribution in [0, 0.1) is 5.41 Å². The van der Waals surface area contributed by atoms with E-state index in [1.807, 2.05) is 6.07 Å². The van der Waals surface area contributed by atoms with Crippen LogP contribution in [0.4, 0.5) is 0 Å². The summed E-state index contributed by atoms with van der Waals surface area (Å²) in [6.07, 6.45) is 3.87. The first-order valence-electron chi connectivity index (χ1n) is 9.78. The van der Waals surface area contributed by atoms with Crippen LogP contribution in [0.3, 0.4) is 0 Å². The van der Waals surface area contributed by atoms with E-state index in [0.29, 0.717) is 6.61 Å². The van der Waals surface area contributed by atoms with Gasteiger partial charge in [0.05, 0.1) is 12.2 Å². The van der Waals surface area contributed by atoms with Gasteiger partial charge in [-0.15, -0.1) is 0 Å². The lowest BCUT2D eigenvalue weighted by molar-refractivity contribution is 0.0375. The van der Waals surface area contributed by atoms with Crippen molar-refractivity contribution in [3.8, 4) is 5.75 Å². The molecule has 0 aromatic heterocycles. The highest BCUT2D eigenvalue weighted by Gasteiger charge is 2.49. The molecular weight excluding hydrogens is 323 g/mol. The fraction of sp³-hybridized carbons (Fsp3) is 0.545. The van der Waals surface area contributed by atoms with Crippen LogP contribution in [-0.2, 0) is 4.65 Å². The van der Waals surface area contributed by atoms with E-state index in [1.54, 1.807) is 0 Å². The van der Waals surface area contributed by atoms with Crippen LogP contribution in [0.15, 0.2) is 36.4 Å². The molecule has 0 amide bonds. The van der Waals surface area contributed by atoms with Crippen molar-refractivity contribution < 1.29 is 14.5 Å². The van der Waals surface area contributed by atoms with Gasteiger partial charge in [-0.25, -0.2) is 0 Å². The van der Waals surface area contributed by atoms with Gasteiger partial charge in [-0.05, 0) is 73.2 Å². The minimum atomic E-state index is -0.111. The van der Waals surface area contributed by atoms with Crippen molar-refractivity contribution in [1.82, 2.24) is 0 Å². The van der Waals surface area contributed by atoms with Gasteiger partial charge in [0.1, 0.15) is 5.75 Å². The summed E-state index contributed by atoms with van der Waals surface area (Å²) in [5.74, 6) is 0.911. The first-order valence-corrected chi connectivity index (χ1v) is 9.78. The van der Waals surface area contributed by atoms with E-state index in [9.17, 15) is 0 Å². The molecule has 1 fully saturated rings. The van der Waals surface area contributed by atoms with Crippen LogP contribution in [0.1, 0.15) is 47.0 Å². The predicted molar refractivity (Wildman–Crippen MR) is 110 cm³/mol. The van der Waals surface area contributed by atoms with Gasteiger partial charge in [-0.2, -0.15) is 0 Å². The van der Waals surface area contributed by atoms with Crippen molar-refractivity contribution in [1.29, 1.82) is 0 Å². The zero-order chi connectivity index (χ0) is 18.8. The Morgan fingerprint density at radius 2 is 1.73 bits per heavy atom. The predicted octanol–water partition coefficient (Wildman–Crippen LogP) is 4.41. The van der Waals surface area contributed by atoms with Crippen LogP contribution in [0.5, 0.6) is 5.75 Å². The second kappa shape index (κ2) is 7.62. The van der Waals surface area contributed by atoms with Crippen molar-refractivity contribution in [2.24, 2.45) is 5.41 Å². The molecule has 1 N–H and O–H groups in total. The van der Waals surface area contributed by atoms with E-state index in [-0.39, 0.29) is 24.5 Å². The quantitative estimate of drug-likeness (QED) is 0.591. The Morgan fingerprint density at radius 1 is 1.00 bits per heavy atom. The Bertz CT molecular complexity index is 738. The summed E-state index contributed by atoms with van der Waals surface area (Å²) >= 11 is 0. The molecule has 0 saturated carbocycles. The summed E-state index contributed by atoms with van der Waals surface area (Å²) in [6.45, 7) is 10.1. The third-order valence-corrected chi connectivity index (χ3v) is 6.04. The first kappa shape index (κ1) is 19.3. The number of hydrogen-bond acceptors (Lipinski definition) is 3. The molecule has 0 unspecified atom stereocenters. The zero-order valence-corrected chi connectivity index (χ0v) is 16.5. The van der Waals surface area contributed by atoms with E-state index in [4.69, 9.17) is 14.5 Å². The third-order valence-electron chi connectivity index (χ3n) is 6.04. The number of aliphatic hydroxyl groups excluding tert-OH is 1. The van der Waals surface area contributed by atoms with Crippen LogP contribution < -0.4 is 10.2 Å². The second-order valence-corrected chi connectivity index (χ2v) is 8.61. The molecule has 2 aromatic carbocycles. The summed E-state index contributed by atoms with van der Waals surface area (Å²) in [4.78, 5) is 0. The average Bonchev–Trinajstić information content (AvgIpc) is 2.82. The molecule has 3 rings (SSSR count). The minimum absolute atomic E-state index is 0.111. The Labute approximate surface area is 157 Å². The van der Waals surface area contributed by atoms with Crippen molar-refractivity contribution in [2.75, 3.05) is 13.2 Å². The number of unbranched alkanes of at least 4 members (excludes halogenated alkanes) is 2. The van der Waals surface area contributed by atoms with E-state index in [0.717, 1.165) is 31.3 Å². The lowest BCUT2D eigenvalue weighted by Crippen LogP contribution is -2.36. The number of hydrogen-bond donors (Lipinski definition) is 1. The normalized spacial score (nSPS) is 18.4. The molecule has 2 aromatic rings. The van der Waals surface area contributed by atoms with Crippen LogP contribution in [-0.4, -0.2) is 30.8 Å². The lowest BCUT2D eigenvalue weighted by Gasteiger charge is -2.34. The average molecular weight is 354 g/mol. The first-order chi connectivity index (χ1) is 12.3. The topological polar surface area (TPSA) is 38.7 Å². The number of rotatable bonds is 7. The molecule has 4 heteroatoms. The standard InChI is InChI=1S/C22H31BO3/c1-21(2)16-23(26-22(21,3)4)19-10-8-18-15-20(11-9-17(18)14-19)25-13-7-5-6-12-24/h8-11,14-15,24H,5-7,12-13,16H2,1-4H3. The largest absolute Gasteiger partial charge is 0.494 e. The molecule has 26 heavy (non-hydrogen) atoms. The monoisotopic (exact) mass is 354 g/mol. The van der Waals surface area contributed by atoms with Gasteiger partial charge in [-0.1, -0.05) is 38.1 Å². The summed E-state index contributed by atoms with van der Waals surface area (Å²) in [6, 6.07) is 12.9. The third kappa shape index (κ3) is 4.07. The summed E-state index contributed by atoms with van der Waals surface area (Å²) in [5.41, 5.74) is 1.31. The van der Waals surface area contributed by atoms with Crippen LogP contribution >= 0.6 is 0 Å². The van der Waals surface area contributed by atoms with Gasteiger partial charge in [0, 0.05) is 6.61 Å². The molecule has 140 valence electrons. The maximum Gasteiger partial charge on any atom is 0.327 e. The molecule has 0 spiro atoms. The van der Waals surface area contributed by atoms with Gasteiger partial charge in [0.25, 0.3) is 0 Å². The highest BCUT2D eigenvalue weighted by molar-refractivity contribution is 6.68. The lowest BCUT2D eigenvalue weighted by atomic mass is 9.54. The van der Waals surface area contributed by atoms with E-state index < -0.39 is 0 Å². The molecule has 1 saturated heterocycles. The van der Waals surface area contributed by atoms with Crippen molar-refractivity contribution in [3.05, 3.63) is 36.4 Å². The summed E-state index contributed by atoms with van der Waals surface area (Å²) in [7, 11) is 0. The Morgan fingerprint density at radius 3 is 2.42 bits per heavy atom. The van der Waals surface area contributed by atoms with Crippen LogP contribution in [0.2, 0.25) is 6.32 Å².